The van der Waals surface area contributed by atoms with Crippen LogP contribution in [0.25, 0.3) is 0 Å². The second-order valence-electron chi connectivity index (χ2n) is 9.73. The molecule has 4 nitrogen and oxygen atoms in total. The molecular formula is C29H37NO3S. The van der Waals surface area contributed by atoms with Crippen LogP contribution in [0.5, 0.6) is 5.75 Å². The van der Waals surface area contributed by atoms with E-state index in [2.05, 4.69) is 58.4 Å². The molecule has 0 heterocycles. The van der Waals surface area contributed by atoms with Crippen LogP contribution in [0, 0.1) is 0 Å². The molecule has 0 aliphatic heterocycles. The number of methoxy groups -OCH3 is 1. The van der Waals surface area contributed by atoms with Crippen LogP contribution < -0.4 is 9.46 Å². The van der Waals surface area contributed by atoms with Gasteiger partial charge in [-0.2, -0.15) is 4.72 Å². The number of rotatable bonds is 9. The fraction of sp³-hybridized carbons (Fsp3) is 0.379. The molecule has 5 heteroatoms. The lowest BCUT2D eigenvalue weighted by Crippen LogP contribution is -2.31. The zero-order chi connectivity index (χ0) is 25.0. The molecule has 3 rings (SSSR count). The molecule has 0 fully saturated rings. The van der Waals surface area contributed by atoms with Gasteiger partial charge in [-0.25, -0.2) is 8.42 Å². The predicted molar refractivity (Wildman–Crippen MR) is 140 cm³/mol. The highest BCUT2D eigenvalue weighted by Crippen LogP contribution is 2.36. The minimum Gasteiger partial charge on any atom is -0.497 e. The van der Waals surface area contributed by atoms with E-state index in [9.17, 15) is 8.42 Å². The molecule has 0 aromatic heterocycles. The largest absolute Gasteiger partial charge is 0.497 e. The first-order chi connectivity index (χ1) is 16.0. The maximum absolute atomic E-state index is 14.1. The van der Waals surface area contributed by atoms with Crippen molar-refractivity contribution >= 4 is 10.0 Å². The highest BCUT2D eigenvalue weighted by atomic mass is 32.2. The van der Waals surface area contributed by atoms with Crippen molar-refractivity contribution in [3.05, 3.63) is 94.5 Å². The first-order valence-corrected chi connectivity index (χ1v) is 13.4. The summed E-state index contributed by atoms with van der Waals surface area (Å²) in [6.45, 7) is 12.5. The third kappa shape index (κ3) is 5.70. The van der Waals surface area contributed by atoms with E-state index in [0.717, 1.165) is 22.3 Å². The summed E-state index contributed by atoms with van der Waals surface area (Å²) >= 11 is 0. The normalized spacial score (nSPS) is 13.0. The van der Waals surface area contributed by atoms with E-state index in [1.807, 2.05) is 54.6 Å². The average molecular weight is 480 g/mol. The van der Waals surface area contributed by atoms with Crippen LogP contribution in [-0.4, -0.2) is 15.5 Å². The van der Waals surface area contributed by atoms with E-state index >= 15 is 0 Å². The zero-order valence-electron chi connectivity index (χ0n) is 21.3. The van der Waals surface area contributed by atoms with Gasteiger partial charge in [-0.05, 0) is 57.7 Å². The van der Waals surface area contributed by atoms with Crippen molar-refractivity contribution in [2.75, 3.05) is 7.11 Å². The molecular weight excluding hydrogens is 442 g/mol. The molecule has 0 radical (unpaired) electrons. The topological polar surface area (TPSA) is 55.4 Å². The average Bonchev–Trinajstić information content (AvgIpc) is 2.82. The van der Waals surface area contributed by atoms with Crippen LogP contribution in [0.2, 0.25) is 0 Å². The number of hydrogen-bond acceptors (Lipinski definition) is 3. The van der Waals surface area contributed by atoms with E-state index in [-0.39, 0.29) is 11.8 Å². The van der Waals surface area contributed by atoms with Crippen LogP contribution in [0.1, 0.15) is 93.2 Å². The number of benzene rings is 3. The quantitative estimate of drug-likeness (QED) is 0.355. The molecule has 0 saturated heterocycles. The lowest BCUT2D eigenvalue weighted by atomic mass is 9.89. The summed E-state index contributed by atoms with van der Waals surface area (Å²) in [5, 5.41) is 0. The Morgan fingerprint density at radius 1 is 0.676 bits per heavy atom. The van der Waals surface area contributed by atoms with Gasteiger partial charge in [0.1, 0.15) is 5.75 Å². The summed E-state index contributed by atoms with van der Waals surface area (Å²) in [6, 6.07) is 20.8. The molecule has 0 aliphatic rings. The Kier molecular flexibility index (Phi) is 8.21. The van der Waals surface area contributed by atoms with E-state index in [1.165, 1.54) is 5.56 Å². The standard InChI is InChI=1S/C29H37NO3S/c1-19(2)24-17-26(20(3)4)29(27(18-24)21(5)6)34(31,32)30-28(22-12-9-8-10-13-22)23-14-11-15-25(16-23)33-7/h8-21,28,30H,1-7H3/t28-/m1/s1. The van der Waals surface area contributed by atoms with E-state index in [1.54, 1.807) is 7.11 Å². The minimum absolute atomic E-state index is 0.0646. The molecule has 3 aromatic carbocycles. The number of nitrogens with one attached hydrogen (secondary N) is 1. The van der Waals surface area contributed by atoms with Crippen molar-refractivity contribution in [1.29, 1.82) is 0 Å². The first-order valence-electron chi connectivity index (χ1n) is 11.9. The van der Waals surface area contributed by atoms with Gasteiger partial charge in [-0.3, -0.25) is 0 Å². The number of ether oxygens (including phenoxy) is 1. The molecule has 0 unspecified atom stereocenters. The Labute approximate surface area is 205 Å². The Morgan fingerprint density at radius 3 is 1.74 bits per heavy atom. The highest BCUT2D eigenvalue weighted by molar-refractivity contribution is 7.89. The third-order valence-corrected chi connectivity index (χ3v) is 7.74. The molecule has 0 amide bonds. The number of hydrogen-bond donors (Lipinski definition) is 1. The van der Waals surface area contributed by atoms with Gasteiger partial charge in [0.05, 0.1) is 18.0 Å². The van der Waals surface area contributed by atoms with Crippen molar-refractivity contribution in [2.24, 2.45) is 0 Å². The van der Waals surface area contributed by atoms with Crippen LogP contribution in [0.15, 0.2) is 71.6 Å². The van der Waals surface area contributed by atoms with Crippen molar-refractivity contribution < 1.29 is 13.2 Å². The minimum atomic E-state index is -3.86. The van der Waals surface area contributed by atoms with Crippen molar-refractivity contribution in [2.45, 2.75) is 70.2 Å². The second-order valence-corrected chi connectivity index (χ2v) is 11.4. The van der Waals surface area contributed by atoms with Crippen molar-refractivity contribution in [3.8, 4) is 5.75 Å². The fourth-order valence-corrected chi connectivity index (χ4v) is 6.12. The summed E-state index contributed by atoms with van der Waals surface area (Å²) in [5.74, 6) is 1.13. The molecule has 1 atom stereocenters. The zero-order valence-corrected chi connectivity index (χ0v) is 22.1. The summed E-state index contributed by atoms with van der Waals surface area (Å²) < 4.78 is 36.7. The Bertz CT molecular complexity index is 1190. The van der Waals surface area contributed by atoms with Gasteiger partial charge in [0.15, 0.2) is 0 Å². The first kappa shape index (κ1) is 26.0. The Morgan fingerprint density at radius 2 is 1.24 bits per heavy atom. The molecule has 34 heavy (non-hydrogen) atoms. The molecule has 0 aliphatic carbocycles. The lowest BCUT2D eigenvalue weighted by molar-refractivity contribution is 0.414. The monoisotopic (exact) mass is 479 g/mol. The number of sulfonamides is 1. The molecule has 1 N–H and O–H groups in total. The van der Waals surface area contributed by atoms with Gasteiger partial charge in [0.25, 0.3) is 0 Å². The Hall–Kier alpha value is -2.63. The SMILES string of the molecule is COc1cccc([C@H](NS(=O)(=O)c2c(C(C)C)cc(C(C)C)cc2C(C)C)c2ccccc2)c1. The lowest BCUT2D eigenvalue weighted by Gasteiger charge is -2.26. The fourth-order valence-electron chi connectivity index (χ4n) is 4.21. The van der Waals surface area contributed by atoms with Crippen molar-refractivity contribution in [1.82, 2.24) is 4.72 Å². The predicted octanol–water partition coefficient (Wildman–Crippen LogP) is 7.13. The summed E-state index contributed by atoms with van der Waals surface area (Å²) in [5.41, 5.74) is 4.58. The summed E-state index contributed by atoms with van der Waals surface area (Å²) in [7, 11) is -2.25. The van der Waals surface area contributed by atoms with E-state index in [0.29, 0.717) is 16.6 Å². The highest BCUT2D eigenvalue weighted by Gasteiger charge is 2.30. The van der Waals surface area contributed by atoms with Gasteiger partial charge >= 0.3 is 0 Å². The van der Waals surface area contributed by atoms with Gasteiger partial charge in [0, 0.05) is 0 Å². The van der Waals surface area contributed by atoms with Gasteiger partial charge in [-0.1, -0.05) is 96.1 Å². The van der Waals surface area contributed by atoms with Gasteiger partial charge < -0.3 is 4.74 Å². The van der Waals surface area contributed by atoms with Crippen LogP contribution in [0.3, 0.4) is 0 Å². The molecule has 3 aromatic rings. The second kappa shape index (κ2) is 10.7. The molecule has 0 spiro atoms. The molecule has 182 valence electrons. The maximum Gasteiger partial charge on any atom is 0.242 e. The maximum atomic E-state index is 14.1. The Balaban J connectivity index is 2.21. The van der Waals surface area contributed by atoms with Crippen molar-refractivity contribution in [3.63, 3.8) is 0 Å². The van der Waals surface area contributed by atoms with Crippen LogP contribution in [0.4, 0.5) is 0 Å². The third-order valence-electron chi connectivity index (χ3n) is 6.18. The smallest absolute Gasteiger partial charge is 0.242 e. The van der Waals surface area contributed by atoms with Gasteiger partial charge in [-0.15, -0.1) is 0 Å². The van der Waals surface area contributed by atoms with E-state index < -0.39 is 16.1 Å². The van der Waals surface area contributed by atoms with Crippen LogP contribution >= 0.6 is 0 Å². The van der Waals surface area contributed by atoms with Gasteiger partial charge in [0.2, 0.25) is 10.0 Å². The summed E-state index contributed by atoms with van der Waals surface area (Å²) in [4.78, 5) is 0.408. The van der Waals surface area contributed by atoms with E-state index in [4.69, 9.17) is 4.74 Å². The van der Waals surface area contributed by atoms with Crippen LogP contribution in [-0.2, 0) is 10.0 Å². The molecule has 0 saturated carbocycles. The molecule has 0 bridgehead atoms. The summed E-state index contributed by atoms with van der Waals surface area (Å²) in [6.07, 6.45) is 0.